The van der Waals surface area contributed by atoms with E-state index in [-0.39, 0.29) is 29.2 Å². The van der Waals surface area contributed by atoms with Crippen molar-refractivity contribution in [2.75, 3.05) is 18.9 Å². The highest BCUT2D eigenvalue weighted by molar-refractivity contribution is 7.99. The molecule has 0 aliphatic carbocycles. The van der Waals surface area contributed by atoms with Crippen LogP contribution in [0.2, 0.25) is 0 Å². The minimum atomic E-state index is -1.03. The second-order valence-electron chi connectivity index (χ2n) is 6.69. The van der Waals surface area contributed by atoms with Crippen molar-refractivity contribution in [3.63, 3.8) is 0 Å². The van der Waals surface area contributed by atoms with Gasteiger partial charge in [0.25, 0.3) is 5.91 Å². The van der Waals surface area contributed by atoms with E-state index in [2.05, 4.69) is 5.32 Å². The summed E-state index contributed by atoms with van der Waals surface area (Å²) in [5, 5.41) is 41.0. The van der Waals surface area contributed by atoms with Crippen molar-refractivity contribution in [3.05, 3.63) is 41.0 Å². The Morgan fingerprint density at radius 2 is 1.83 bits per heavy atom. The van der Waals surface area contributed by atoms with Gasteiger partial charge in [0.05, 0.1) is 23.5 Å². The minimum absolute atomic E-state index is 0.00980. The molecule has 0 radical (unpaired) electrons. The predicted octanol–water partition coefficient (Wildman–Crippen LogP) is 3.19. The van der Waals surface area contributed by atoms with Gasteiger partial charge in [0.1, 0.15) is 5.75 Å². The van der Waals surface area contributed by atoms with Crippen molar-refractivity contribution < 1.29 is 34.8 Å². The number of phenols is 3. The zero-order valence-electron chi connectivity index (χ0n) is 16.8. The zero-order valence-corrected chi connectivity index (χ0v) is 17.6. The first-order valence-corrected chi connectivity index (χ1v) is 10.3. The van der Waals surface area contributed by atoms with Gasteiger partial charge in [0, 0.05) is 12.3 Å². The lowest BCUT2D eigenvalue weighted by molar-refractivity contribution is -0.136. The second kappa shape index (κ2) is 10.6. The van der Waals surface area contributed by atoms with Gasteiger partial charge in [0.2, 0.25) is 5.75 Å². The van der Waals surface area contributed by atoms with Gasteiger partial charge >= 0.3 is 5.97 Å². The highest BCUT2D eigenvalue weighted by Crippen LogP contribution is 2.44. The van der Waals surface area contributed by atoms with Gasteiger partial charge in [0.15, 0.2) is 11.5 Å². The molecule has 30 heavy (non-hydrogen) atoms. The number of carbonyl (C=O) groups is 2. The van der Waals surface area contributed by atoms with Crippen molar-refractivity contribution in [1.82, 2.24) is 5.32 Å². The number of amides is 1. The van der Waals surface area contributed by atoms with Crippen molar-refractivity contribution in [3.8, 4) is 23.0 Å². The van der Waals surface area contributed by atoms with Crippen LogP contribution in [0.1, 0.15) is 34.3 Å². The fourth-order valence-electron chi connectivity index (χ4n) is 2.69. The Balaban J connectivity index is 1.95. The van der Waals surface area contributed by atoms with E-state index >= 15 is 0 Å². The molecule has 5 N–H and O–H groups in total. The van der Waals surface area contributed by atoms with E-state index in [9.17, 15) is 24.9 Å². The van der Waals surface area contributed by atoms with E-state index in [0.717, 1.165) is 34.7 Å². The summed E-state index contributed by atoms with van der Waals surface area (Å²) >= 11 is 0.909. The molecule has 0 aromatic heterocycles. The fraction of sp³-hybridized carbons (Fsp3) is 0.333. The summed E-state index contributed by atoms with van der Waals surface area (Å²) in [6, 6.07) is 6.91. The second-order valence-corrected chi connectivity index (χ2v) is 7.79. The van der Waals surface area contributed by atoms with Crippen LogP contribution in [0, 0.1) is 13.8 Å². The average Bonchev–Trinajstić information content (AvgIpc) is 2.68. The first kappa shape index (κ1) is 23.2. The van der Waals surface area contributed by atoms with Crippen LogP contribution >= 0.6 is 11.8 Å². The molecule has 0 saturated carbocycles. The number of aromatic hydroxyl groups is 3. The molecule has 162 valence electrons. The topological polar surface area (TPSA) is 136 Å². The van der Waals surface area contributed by atoms with E-state index in [1.54, 1.807) is 0 Å². The molecule has 0 atom stereocenters. The van der Waals surface area contributed by atoms with E-state index in [0.29, 0.717) is 13.0 Å². The van der Waals surface area contributed by atoms with Crippen LogP contribution in [0.15, 0.2) is 29.2 Å². The first-order valence-electron chi connectivity index (χ1n) is 9.31. The number of aryl methyl sites for hydroxylation is 2. The van der Waals surface area contributed by atoms with Gasteiger partial charge in [-0.25, -0.2) is 0 Å². The number of aliphatic carboxylic acids is 1. The van der Waals surface area contributed by atoms with Crippen LogP contribution in [0.25, 0.3) is 0 Å². The number of ether oxygens (including phenoxy) is 1. The summed E-state index contributed by atoms with van der Waals surface area (Å²) in [5.74, 6) is -2.79. The lowest BCUT2D eigenvalue weighted by Gasteiger charge is -2.14. The van der Waals surface area contributed by atoms with Crippen LogP contribution in [0.5, 0.6) is 23.0 Å². The van der Waals surface area contributed by atoms with Crippen LogP contribution in [0.3, 0.4) is 0 Å². The summed E-state index contributed by atoms with van der Waals surface area (Å²) in [5.41, 5.74) is 2.12. The molecule has 0 fully saturated rings. The molecule has 2 aromatic rings. The molecule has 0 spiro atoms. The molecule has 0 aliphatic rings. The Labute approximate surface area is 178 Å². The SMILES string of the molecule is Cc1ccc(OCCCNC(=O)c2cc(O)c(O)c(O)c2SCCC(=O)O)c(C)c1. The van der Waals surface area contributed by atoms with Crippen LogP contribution in [0.4, 0.5) is 0 Å². The summed E-state index contributed by atoms with van der Waals surface area (Å²) in [7, 11) is 0. The van der Waals surface area contributed by atoms with Gasteiger partial charge in [-0.2, -0.15) is 0 Å². The number of nitrogens with one attached hydrogen (secondary N) is 1. The minimum Gasteiger partial charge on any atom is -0.504 e. The maximum Gasteiger partial charge on any atom is 0.304 e. The van der Waals surface area contributed by atoms with Crippen molar-refractivity contribution in [1.29, 1.82) is 0 Å². The fourth-order valence-corrected chi connectivity index (χ4v) is 3.72. The number of phenolic OH excluding ortho intramolecular Hbond substituents is 3. The van der Waals surface area contributed by atoms with Crippen LogP contribution in [-0.4, -0.2) is 51.2 Å². The van der Waals surface area contributed by atoms with Crippen LogP contribution < -0.4 is 10.1 Å². The molecule has 0 unspecified atom stereocenters. The Morgan fingerprint density at radius 1 is 1.10 bits per heavy atom. The van der Waals surface area contributed by atoms with E-state index in [1.165, 1.54) is 0 Å². The monoisotopic (exact) mass is 435 g/mol. The lowest BCUT2D eigenvalue weighted by atomic mass is 10.1. The molecule has 2 aromatic carbocycles. The molecule has 9 heteroatoms. The Hall–Kier alpha value is -3.07. The molecule has 0 bridgehead atoms. The average molecular weight is 435 g/mol. The molecule has 1 amide bonds. The standard InChI is InChI=1S/C21H25NO7S/c1-12-4-5-16(13(2)10-12)29-8-3-7-22-21(28)14-11-15(23)18(26)19(27)20(14)30-9-6-17(24)25/h4-5,10-11,23,26-27H,3,6-9H2,1-2H3,(H,22,28)(H,24,25). The number of thioether (sulfide) groups is 1. The summed E-state index contributed by atoms with van der Waals surface area (Å²) in [4.78, 5) is 23.2. The van der Waals surface area contributed by atoms with Crippen molar-refractivity contribution >= 4 is 23.6 Å². The third-order valence-corrected chi connectivity index (χ3v) is 5.32. The molecular formula is C21H25NO7S. The van der Waals surface area contributed by atoms with Crippen molar-refractivity contribution in [2.24, 2.45) is 0 Å². The van der Waals surface area contributed by atoms with Gasteiger partial charge in [-0.15, -0.1) is 11.8 Å². The highest BCUT2D eigenvalue weighted by Gasteiger charge is 2.22. The molecule has 0 aliphatic heterocycles. The number of rotatable bonds is 10. The predicted molar refractivity (Wildman–Crippen MR) is 113 cm³/mol. The van der Waals surface area contributed by atoms with Gasteiger partial charge in [-0.05, 0) is 38.0 Å². The van der Waals surface area contributed by atoms with Gasteiger partial charge in [-0.3, -0.25) is 9.59 Å². The summed E-state index contributed by atoms with van der Waals surface area (Å²) in [6.45, 7) is 4.62. The smallest absolute Gasteiger partial charge is 0.304 e. The maximum absolute atomic E-state index is 12.5. The Kier molecular flexibility index (Phi) is 8.23. The van der Waals surface area contributed by atoms with E-state index < -0.39 is 29.1 Å². The molecule has 2 rings (SSSR count). The molecule has 8 nitrogen and oxygen atoms in total. The van der Waals surface area contributed by atoms with E-state index in [1.807, 2.05) is 32.0 Å². The number of carboxylic acids is 1. The maximum atomic E-state index is 12.5. The molecule has 0 saturated heterocycles. The first-order chi connectivity index (χ1) is 14.2. The summed E-state index contributed by atoms with van der Waals surface area (Å²) in [6.07, 6.45) is 0.333. The highest BCUT2D eigenvalue weighted by atomic mass is 32.2. The quantitative estimate of drug-likeness (QED) is 0.218. The molecule has 0 heterocycles. The zero-order chi connectivity index (χ0) is 22.3. The van der Waals surface area contributed by atoms with Gasteiger partial charge in [-0.1, -0.05) is 17.7 Å². The van der Waals surface area contributed by atoms with Crippen molar-refractivity contribution in [2.45, 2.75) is 31.6 Å². The van der Waals surface area contributed by atoms with E-state index in [4.69, 9.17) is 9.84 Å². The van der Waals surface area contributed by atoms with Crippen LogP contribution in [-0.2, 0) is 4.79 Å². The largest absolute Gasteiger partial charge is 0.504 e. The number of benzene rings is 2. The van der Waals surface area contributed by atoms with Gasteiger partial charge < -0.3 is 30.5 Å². The Morgan fingerprint density at radius 3 is 2.50 bits per heavy atom. The number of hydrogen-bond donors (Lipinski definition) is 5. The number of carbonyl (C=O) groups excluding carboxylic acids is 1. The lowest BCUT2D eigenvalue weighted by Crippen LogP contribution is -2.26. The third-order valence-electron chi connectivity index (χ3n) is 4.21. The number of carboxylic acid groups (broad SMARTS) is 1. The number of hydrogen-bond acceptors (Lipinski definition) is 7. The summed E-state index contributed by atoms with van der Waals surface area (Å²) < 4.78 is 5.71. The normalized spacial score (nSPS) is 10.6. The molecular weight excluding hydrogens is 410 g/mol. The Bertz CT molecular complexity index is 930. The third kappa shape index (κ3) is 6.21.